The van der Waals surface area contributed by atoms with Crippen LogP contribution in [0.1, 0.15) is 36.7 Å². The average Bonchev–Trinajstić information content (AvgIpc) is 2.66. The molecule has 0 aromatic heterocycles. The molecule has 0 fully saturated rings. The molecule has 0 aliphatic heterocycles. The van der Waals surface area contributed by atoms with Gasteiger partial charge >= 0.3 is 13.2 Å². The summed E-state index contributed by atoms with van der Waals surface area (Å²) in [6.45, 7) is -0.453. The van der Waals surface area contributed by atoms with E-state index < -0.39 is 29.0 Å². The van der Waals surface area contributed by atoms with E-state index >= 15 is 0 Å². The highest BCUT2D eigenvalue weighted by molar-refractivity contribution is 7.85. The van der Waals surface area contributed by atoms with Crippen molar-refractivity contribution in [3.63, 3.8) is 0 Å². The van der Waals surface area contributed by atoms with Crippen molar-refractivity contribution >= 4 is 23.5 Å². The highest BCUT2D eigenvalue weighted by Gasteiger charge is 2.18. The second-order valence-corrected chi connectivity index (χ2v) is 8.48. The summed E-state index contributed by atoms with van der Waals surface area (Å²) in [5.41, 5.74) is 0.494. The Morgan fingerprint density at radius 3 is 1.73 bits per heavy atom. The SMILES string of the molecule is CC(C)(C)[S@](=O)N=Cc1ccccc1OC(F)F.O=Cc1ccccc1OC(F)F. The summed E-state index contributed by atoms with van der Waals surface area (Å²) in [5, 5.41) is 0. The third kappa shape index (κ3) is 9.17. The summed E-state index contributed by atoms with van der Waals surface area (Å²) >= 11 is 0. The lowest BCUT2D eigenvalue weighted by atomic mass is 10.2. The van der Waals surface area contributed by atoms with Gasteiger partial charge in [0.25, 0.3) is 0 Å². The number of nitrogens with zero attached hydrogens (tertiary/aromatic N) is 1. The fourth-order valence-corrected chi connectivity index (χ4v) is 2.36. The number of alkyl halides is 4. The van der Waals surface area contributed by atoms with Crippen LogP contribution < -0.4 is 9.47 Å². The van der Waals surface area contributed by atoms with Gasteiger partial charge in [0, 0.05) is 11.8 Å². The third-order valence-corrected chi connectivity index (χ3v) is 4.55. The van der Waals surface area contributed by atoms with Gasteiger partial charge in [-0.05, 0) is 45.0 Å². The van der Waals surface area contributed by atoms with E-state index in [1.807, 2.05) is 0 Å². The molecule has 1 atom stereocenters. The number of aldehydes is 1. The first-order valence-corrected chi connectivity index (χ1v) is 9.64. The molecule has 2 rings (SSSR count). The number of rotatable bonds is 7. The van der Waals surface area contributed by atoms with Crippen LogP contribution in [0.3, 0.4) is 0 Å². The van der Waals surface area contributed by atoms with Gasteiger partial charge in [0.15, 0.2) is 6.29 Å². The van der Waals surface area contributed by atoms with Gasteiger partial charge in [0.05, 0.1) is 10.3 Å². The summed E-state index contributed by atoms with van der Waals surface area (Å²) in [6, 6.07) is 12.0. The first-order chi connectivity index (χ1) is 14.0. The van der Waals surface area contributed by atoms with Gasteiger partial charge in [-0.2, -0.15) is 22.0 Å². The zero-order chi connectivity index (χ0) is 22.7. The van der Waals surface area contributed by atoms with Gasteiger partial charge in [-0.15, -0.1) is 0 Å². The minimum atomic E-state index is -2.90. The highest BCUT2D eigenvalue weighted by atomic mass is 32.2. The van der Waals surface area contributed by atoms with Crippen LogP contribution in [0.25, 0.3) is 0 Å². The highest BCUT2D eigenvalue weighted by Crippen LogP contribution is 2.20. The molecular formula is C20H21F4NO4S. The van der Waals surface area contributed by atoms with Crippen molar-refractivity contribution in [3.05, 3.63) is 59.7 Å². The van der Waals surface area contributed by atoms with Crippen LogP contribution in [-0.2, 0) is 11.0 Å². The van der Waals surface area contributed by atoms with Crippen LogP contribution in [0.15, 0.2) is 52.9 Å². The molecule has 10 heteroatoms. The quantitative estimate of drug-likeness (QED) is 0.330. The van der Waals surface area contributed by atoms with E-state index in [9.17, 15) is 26.6 Å². The maximum Gasteiger partial charge on any atom is 0.387 e. The lowest BCUT2D eigenvalue weighted by Crippen LogP contribution is -2.19. The Morgan fingerprint density at radius 1 is 0.867 bits per heavy atom. The number of carbonyl (C=O) groups excluding carboxylic acids is 1. The van der Waals surface area contributed by atoms with Gasteiger partial charge in [-0.25, -0.2) is 4.21 Å². The number of halogens is 4. The Labute approximate surface area is 174 Å². The lowest BCUT2D eigenvalue weighted by molar-refractivity contribution is -0.0507. The minimum Gasteiger partial charge on any atom is -0.434 e. The summed E-state index contributed by atoms with van der Waals surface area (Å²) in [7, 11) is -1.43. The Morgan fingerprint density at radius 2 is 1.30 bits per heavy atom. The maximum absolute atomic E-state index is 12.2. The number of hydrogen-bond donors (Lipinski definition) is 0. The van der Waals surface area contributed by atoms with Crippen LogP contribution in [0, 0.1) is 0 Å². The number of carbonyl (C=O) groups is 1. The van der Waals surface area contributed by atoms with Crippen LogP contribution in [-0.4, -0.2) is 34.7 Å². The molecule has 0 saturated heterocycles. The van der Waals surface area contributed by atoms with Crippen molar-refractivity contribution in [1.29, 1.82) is 0 Å². The molecule has 0 heterocycles. The van der Waals surface area contributed by atoms with E-state index in [2.05, 4.69) is 13.9 Å². The van der Waals surface area contributed by atoms with Gasteiger partial charge in [-0.1, -0.05) is 24.3 Å². The van der Waals surface area contributed by atoms with E-state index in [-0.39, 0.29) is 17.1 Å². The van der Waals surface area contributed by atoms with Gasteiger partial charge < -0.3 is 9.47 Å². The molecule has 30 heavy (non-hydrogen) atoms. The number of para-hydroxylation sites is 2. The van der Waals surface area contributed by atoms with Crippen molar-refractivity contribution in [2.75, 3.05) is 0 Å². The van der Waals surface area contributed by atoms with Crippen molar-refractivity contribution in [2.45, 2.75) is 38.7 Å². The van der Waals surface area contributed by atoms with E-state index in [1.54, 1.807) is 45.0 Å². The number of hydrogen-bond acceptors (Lipinski definition) is 4. The average molecular weight is 447 g/mol. The minimum absolute atomic E-state index is 0.0159. The molecule has 164 valence electrons. The molecule has 2 aromatic carbocycles. The molecule has 0 unspecified atom stereocenters. The molecule has 0 spiro atoms. The van der Waals surface area contributed by atoms with E-state index in [0.29, 0.717) is 11.8 Å². The molecule has 5 nitrogen and oxygen atoms in total. The second kappa shape index (κ2) is 12.1. The van der Waals surface area contributed by atoms with E-state index in [0.717, 1.165) is 0 Å². The van der Waals surface area contributed by atoms with Crippen LogP contribution >= 0.6 is 0 Å². The molecule has 0 amide bonds. The fourth-order valence-electron chi connectivity index (χ4n) is 1.83. The molecule has 0 aliphatic carbocycles. The summed E-state index contributed by atoms with van der Waals surface area (Å²) in [6.07, 6.45) is 1.76. The molecule has 0 radical (unpaired) electrons. The molecular weight excluding hydrogens is 426 g/mol. The van der Waals surface area contributed by atoms with Crippen molar-refractivity contribution < 1.29 is 36.0 Å². The monoisotopic (exact) mass is 447 g/mol. The first-order valence-electron chi connectivity index (χ1n) is 8.53. The van der Waals surface area contributed by atoms with E-state index in [1.165, 1.54) is 30.5 Å². The standard InChI is InChI=1S/C12H15F2NO2S.C8H6F2O2/c1-12(2,3)18(16)15-8-9-6-4-5-7-10(9)17-11(13)14;9-8(10)12-7-4-2-1-3-6(7)5-11/h4-8,11H,1-3H3;1-5,8H/t18-;/m0./s1. The predicted octanol–water partition coefficient (Wildman–Crippen LogP) is 5.27. The Bertz CT molecular complexity index is 870. The Kier molecular flexibility index (Phi) is 10.2. The Hall–Kier alpha value is -2.75. The molecule has 0 saturated carbocycles. The number of benzene rings is 2. The Balaban J connectivity index is 0.000000325. The van der Waals surface area contributed by atoms with Gasteiger partial charge in [-0.3, -0.25) is 4.79 Å². The van der Waals surface area contributed by atoms with Crippen molar-refractivity contribution in [2.24, 2.45) is 4.40 Å². The fraction of sp³-hybridized carbons (Fsp3) is 0.300. The summed E-state index contributed by atoms with van der Waals surface area (Å²) in [4.78, 5) is 10.3. The van der Waals surface area contributed by atoms with Crippen LogP contribution in [0.4, 0.5) is 17.6 Å². The van der Waals surface area contributed by atoms with Gasteiger partial charge in [0.1, 0.15) is 22.5 Å². The third-order valence-electron chi connectivity index (χ3n) is 3.21. The first kappa shape index (κ1) is 25.3. The predicted molar refractivity (Wildman–Crippen MR) is 107 cm³/mol. The van der Waals surface area contributed by atoms with Crippen molar-refractivity contribution in [3.8, 4) is 11.5 Å². The topological polar surface area (TPSA) is 65.0 Å². The van der Waals surface area contributed by atoms with Gasteiger partial charge in [0.2, 0.25) is 0 Å². The van der Waals surface area contributed by atoms with Crippen LogP contribution in [0.2, 0.25) is 0 Å². The largest absolute Gasteiger partial charge is 0.434 e. The lowest BCUT2D eigenvalue weighted by Gasteiger charge is -2.13. The molecule has 0 N–H and O–H groups in total. The molecule has 0 aliphatic rings. The number of ether oxygens (including phenoxy) is 2. The van der Waals surface area contributed by atoms with Crippen molar-refractivity contribution in [1.82, 2.24) is 0 Å². The van der Waals surface area contributed by atoms with E-state index in [4.69, 9.17) is 0 Å². The second-order valence-electron chi connectivity index (χ2n) is 6.55. The summed E-state index contributed by atoms with van der Waals surface area (Å²) < 4.78 is 71.2. The normalized spacial score (nSPS) is 12.4. The summed E-state index contributed by atoms with van der Waals surface area (Å²) in [5.74, 6) is -0.0790. The molecule has 2 aromatic rings. The maximum atomic E-state index is 12.2. The zero-order valence-corrected chi connectivity index (χ0v) is 17.2. The van der Waals surface area contributed by atoms with Crippen LogP contribution in [0.5, 0.6) is 11.5 Å². The molecule has 0 bridgehead atoms. The zero-order valence-electron chi connectivity index (χ0n) is 16.4. The smallest absolute Gasteiger partial charge is 0.387 e.